The van der Waals surface area contributed by atoms with Crippen LogP contribution in [0.15, 0.2) is 42.5 Å². The van der Waals surface area contributed by atoms with Gasteiger partial charge in [-0.05, 0) is 48.4 Å². The zero-order chi connectivity index (χ0) is 18.4. The summed E-state index contributed by atoms with van der Waals surface area (Å²) in [6.07, 6.45) is 0.958. The number of benzene rings is 2. The molecule has 2 aromatic carbocycles. The van der Waals surface area contributed by atoms with Crippen molar-refractivity contribution in [3.63, 3.8) is 0 Å². The van der Waals surface area contributed by atoms with Crippen molar-refractivity contribution in [1.82, 2.24) is 0 Å². The van der Waals surface area contributed by atoms with Gasteiger partial charge in [-0.15, -0.1) is 0 Å². The molecule has 0 fully saturated rings. The maximum Gasteiger partial charge on any atom is 0.250 e. The Kier molecular flexibility index (Phi) is 5.70. The van der Waals surface area contributed by atoms with Gasteiger partial charge in [-0.3, -0.25) is 9.59 Å². The number of amides is 2. The largest absolute Gasteiger partial charge is 0.454 e. The highest BCUT2D eigenvalue weighted by atomic mass is 16.7. The van der Waals surface area contributed by atoms with Gasteiger partial charge in [0.2, 0.25) is 18.6 Å². The highest BCUT2D eigenvalue weighted by Gasteiger charge is 2.13. The lowest BCUT2D eigenvalue weighted by Gasteiger charge is -2.08. The van der Waals surface area contributed by atoms with Crippen molar-refractivity contribution in [2.45, 2.75) is 12.8 Å². The molecule has 7 heteroatoms. The van der Waals surface area contributed by atoms with E-state index in [1.807, 2.05) is 18.2 Å². The Morgan fingerprint density at radius 3 is 2.31 bits per heavy atom. The van der Waals surface area contributed by atoms with Gasteiger partial charge in [-0.25, -0.2) is 0 Å². The van der Waals surface area contributed by atoms with Crippen molar-refractivity contribution in [2.75, 3.05) is 31.1 Å². The van der Waals surface area contributed by atoms with Crippen molar-refractivity contribution >= 4 is 23.2 Å². The maximum atomic E-state index is 12.1. The Hall–Kier alpha value is -3.06. The summed E-state index contributed by atoms with van der Waals surface area (Å²) in [4.78, 5) is 23.6. The van der Waals surface area contributed by atoms with Crippen LogP contribution >= 0.6 is 0 Å². The molecule has 0 atom stereocenters. The first kappa shape index (κ1) is 17.8. The normalized spacial score (nSPS) is 11.9. The summed E-state index contributed by atoms with van der Waals surface area (Å²) in [5.41, 5.74) is 2.33. The zero-order valence-corrected chi connectivity index (χ0v) is 14.4. The summed E-state index contributed by atoms with van der Waals surface area (Å²) in [7, 11) is 1.46. The topological polar surface area (TPSA) is 85.9 Å². The molecule has 0 aromatic heterocycles. The molecule has 0 radical (unpaired) electrons. The Labute approximate surface area is 151 Å². The quantitative estimate of drug-likeness (QED) is 0.796. The van der Waals surface area contributed by atoms with E-state index < -0.39 is 0 Å². The average Bonchev–Trinajstić information content (AvgIpc) is 3.09. The van der Waals surface area contributed by atoms with E-state index in [1.165, 1.54) is 7.11 Å². The van der Waals surface area contributed by atoms with E-state index in [0.717, 1.165) is 11.3 Å². The number of methoxy groups -OCH3 is 1. The van der Waals surface area contributed by atoms with E-state index in [9.17, 15) is 9.59 Å². The summed E-state index contributed by atoms with van der Waals surface area (Å²) in [5, 5.41) is 5.53. The number of anilines is 2. The lowest BCUT2D eigenvalue weighted by atomic mass is 10.1. The van der Waals surface area contributed by atoms with Crippen LogP contribution in [0.2, 0.25) is 0 Å². The smallest absolute Gasteiger partial charge is 0.250 e. The van der Waals surface area contributed by atoms with Gasteiger partial charge < -0.3 is 24.8 Å². The number of aryl methyl sites for hydroxylation is 1. The number of hydrogen-bond acceptors (Lipinski definition) is 5. The van der Waals surface area contributed by atoms with Crippen molar-refractivity contribution < 1.29 is 23.8 Å². The molecule has 0 spiro atoms. The highest BCUT2D eigenvalue weighted by Crippen LogP contribution is 2.32. The molecule has 0 aliphatic carbocycles. The summed E-state index contributed by atoms with van der Waals surface area (Å²) in [6, 6.07) is 12.6. The Morgan fingerprint density at radius 1 is 0.962 bits per heavy atom. The van der Waals surface area contributed by atoms with Crippen molar-refractivity contribution in [3.05, 3.63) is 48.0 Å². The number of rotatable bonds is 7. The second kappa shape index (κ2) is 8.35. The number of fused-ring (bicyclic) bond motifs is 1. The van der Waals surface area contributed by atoms with Crippen molar-refractivity contribution in [3.8, 4) is 11.5 Å². The molecule has 2 aromatic rings. The number of hydrogen-bond donors (Lipinski definition) is 2. The third kappa shape index (κ3) is 4.73. The average molecular weight is 356 g/mol. The summed E-state index contributed by atoms with van der Waals surface area (Å²) >= 11 is 0. The molecule has 1 heterocycles. The fourth-order valence-corrected chi connectivity index (χ4v) is 2.54. The molecular formula is C19H20N2O5. The lowest BCUT2D eigenvalue weighted by Crippen LogP contribution is -2.17. The van der Waals surface area contributed by atoms with Crippen LogP contribution in [-0.4, -0.2) is 32.3 Å². The van der Waals surface area contributed by atoms with E-state index in [4.69, 9.17) is 14.2 Å². The number of nitrogens with one attached hydrogen (secondary N) is 2. The minimum Gasteiger partial charge on any atom is -0.454 e. The van der Waals surface area contributed by atoms with Gasteiger partial charge in [0.1, 0.15) is 6.61 Å². The van der Waals surface area contributed by atoms with Crippen LogP contribution < -0.4 is 20.1 Å². The van der Waals surface area contributed by atoms with Gasteiger partial charge >= 0.3 is 0 Å². The predicted octanol–water partition coefficient (Wildman–Crippen LogP) is 2.57. The van der Waals surface area contributed by atoms with E-state index in [1.54, 1.807) is 24.3 Å². The van der Waals surface area contributed by atoms with Crippen molar-refractivity contribution in [1.29, 1.82) is 0 Å². The van der Waals surface area contributed by atoms with Gasteiger partial charge in [-0.1, -0.05) is 6.07 Å². The molecule has 0 unspecified atom stereocenters. The summed E-state index contributed by atoms with van der Waals surface area (Å²) < 4.78 is 15.4. The predicted molar refractivity (Wildman–Crippen MR) is 96.5 cm³/mol. The molecular weight excluding hydrogens is 336 g/mol. The Balaban J connectivity index is 1.48. The number of carbonyl (C=O) groups excluding carboxylic acids is 2. The van der Waals surface area contributed by atoms with Crippen LogP contribution in [-0.2, 0) is 20.7 Å². The maximum absolute atomic E-state index is 12.1. The minimum absolute atomic E-state index is 0.00164. The fraction of sp³-hybridized carbons (Fsp3) is 0.263. The standard InChI is InChI=1S/C19H20N2O5/c1-24-11-19(23)21-15-6-4-14(5-7-15)20-18(22)9-3-13-2-8-16-17(10-13)26-12-25-16/h2,4-8,10H,3,9,11-12H2,1H3,(H,20,22)(H,21,23). The van der Waals surface area contributed by atoms with E-state index in [-0.39, 0.29) is 25.2 Å². The van der Waals surface area contributed by atoms with Gasteiger partial charge in [0, 0.05) is 24.9 Å². The van der Waals surface area contributed by atoms with Crippen molar-refractivity contribution in [2.24, 2.45) is 0 Å². The summed E-state index contributed by atoms with van der Waals surface area (Å²) in [5.74, 6) is 1.14. The highest BCUT2D eigenvalue weighted by molar-refractivity contribution is 5.93. The van der Waals surface area contributed by atoms with Crippen LogP contribution in [0.4, 0.5) is 11.4 Å². The van der Waals surface area contributed by atoms with E-state index in [0.29, 0.717) is 30.0 Å². The number of carbonyl (C=O) groups is 2. The van der Waals surface area contributed by atoms with Gasteiger partial charge in [0.05, 0.1) is 0 Å². The van der Waals surface area contributed by atoms with Gasteiger partial charge in [0.15, 0.2) is 11.5 Å². The summed E-state index contributed by atoms with van der Waals surface area (Å²) in [6.45, 7) is 0.236. The molecule has 2 amide bonds. The third-order valence-electron chi connectivity index (χ3n) is 3.81. The van der Waals surface area contributed by atoms with Crippen LogP contribution in [0.25, 0.3) is 0 Å². The molecule has 26 heavy (non-hydrogen) atoms. The minimum atomic E-state index is -0.229. The van der Waals surface area contributed by atoms with Crippen LogP contribution in [0.3, 0.4) is 0 Å². The second-order valence-corrected chi connectivity index (χ2v) is 5.79. The van der Waals surface area contributed by atoms with Crippen LogP contribution in [0, 0.1) is 0 Å². The molecule has 0 saturated carbocycles. The first-order valence-corrected chi connectivity index (χ1v) is 8.21. The second-order valence-electron chi connectivity index (χ2n) is 5.79. The molecule has 7 nitrogen and oxygen atoms in total. The molecule has 1 aliphatic rings. The Morgan fingerprint density at radius 2 is 1.62 bits per heavy atom. The number of ether oxygens (including phenoxy) is 3. The van der Waals surface area contributed by atoms with E-state index in [2.05, 4.69) is 10.6 Å². The molecule has 1 aliphatic heterocycles. The first-order chi connectivity index (χ1) is 12.6. The van der Waals surface area contributed by atoms with Crippen LogP contribution in [0.5, 0.6) is 11.5 Å². The lowest BCUT2D eigenvalue weighted by molar-refractivity contribution is -0.119. The monoisotopic (exact) mass is 356 g/mol. The van der Waals surface area contributed by atoms with Gasteiger partial charge in [0.25, 0.3) is 0 Å². The SMILES string of the molecule is COCC(=O)Nc1ccc(NC(=O)CCc2ccc3c(c2)OCO3)cc1. The zero-order valence-electron chi connectivity index (χ0n) is 14.4. The Bertz CT molecular complexity index is 789. The molecule has 0 bridgehead atoms. The van der Waals surface area contributed by atoms with E-state index >= 15 is 0 Å². The van der Waals surface area contributed by atoms with Gasteiger partial charge in [-0.2, -0.15) is 0 Å². The molecule has 2 N–H and O–H groups in total. The third-order valence-corrected chi connectivity index (χ3v) is 3.81. The molecule has 0 saturated heterocycles. The molecule has 136 valence electrons. The fourth-order valence-electron chi connectivity index (χ4n) is 2.54. The van der Waals surface area contributed by atoms with Crippen LogP contribution in [0.1, 0.15) is 12.0 Å². The first-order valence-electron chi connectivity index (χ1n) is 8.21. The molecule has 3 rings (SSSR count).